The quantitative estimate of drug-likeness (QED) is 0.678. The van der Waals surface area contributed by atoms with Crippen LogP contribution in [0.1, 0.15) is 31.4 Å². The average molecular weight is 465 g/mol. The van der Waals surface area contributed by atoms with E-state index in [0.29, 0.717) is 12.8 Å². The van der Waals surface area contributed by atoms with Crippen molar-refractivity contribution in [3.05, 3.63) is 66.2 Å². The lowest BCUT2D eigenvalue weighted by Gasteiger charge is -2.38. The van der Waals surface area contributed by atoms with Crippen LogP contribution in [0.5, 0.6) is 0 Å². The molecule has 1 fully saturated rings. The Morgan fingerprint density at radius 2 is 1.58 bits per heavy atom. The molecule has 1 saturated heterocycles. The third kappa shape index (κ3) is 5.93. The predicted molar refractivity (Wildman–Crippen MR) is 120 cm³/mol. The first-order chi connectivity index (χ1) is 14.6. The van der Waals surface area contributed by atoms with Crippen molar-refractivity contribution in [3.63, 3.8) is 0 Å². The lowest BCUT2D eigenvalue weighted by molar-refractivity contribution is -0.126. The van der Waals surface area contributed by atoms with E-state index in [1.54, 1.807) is 37.3 Å². The van der Waals surface area contributed by atoms with Crippen molar-refractivity contribution in [3.8, 4) is 0 Å². The first kappa shape index (κ1) is 23.4. The van der Waals surface area contributed by atoms with Crippen molar-refractivity contribution in [1.82, 2.24) is 9.62 Å². The van der Waals surface area contributed by atoms with E-state index in [2.05, 4.69) is 5.32 Å². The fraction of sp³-hybridized carbons (Fsp3) is 0.409. The van der Waals surface area contributed by atoms with Crippen molar-refractivity contribution >= 4 is 25.8 Å². The maximum absolute atomic E-state index is 13.5. The van der Waals surface area contributed by atoms with E-state index in [9.17, 15) is 21.6 Å². The summed E-state index contributed by atoms with van der Waals surface area (Å²) in [5.41, 5.74) is 0.881. The van der Waals surface area contributed by atoms with Crippen LogP contribution < -0.4 is 5.32 Å². The van der Waals surface area contributed by atoms with Crippen molar-refractivity contribution in [2.24, 2.45) is 5.92 Å². The largest absolute Gasteiger partial charge is 0.352 e. The Kier molecular flexibility index (Phi) is 7.18. The standard InChI is InChI=1S/C22H28N2O5S2/c1-17(16-30(2,26)27)23-22(25)19-13-14-21(18-9-5-3-6-10-18)24(15-19)31(28,29)20-11-7-4-8-12-20/h3-12,17,19,21H,13-16H2,1-2H3,(H,23,25)/t17?,19-,21-/m1/s1. The molecule has 3 rings (SSSR count). The number of sulfonamides is 1. The second-order valence-corrected chi connectivity index (χ2v) is 12.2. The monoisotopic (exact) mass is 464 g/mol. The minimum atomic E-state index is -3.83. The third-order valence-electron chi connectivity index (χ3n) is 5.38. The van der Waals surface area contributed by atoms with Crippen molar-refractivity contribution in [2.45, 2.75) is 36.7 Å². The van der Waals surface area contributed by atoms with Crippen LogP contribution in [0.3, 0.4) is 0 Å². The van der Waals surface area contributed by atoms with E-state index in [1.165, 1.54) is 4.31 Å². The highest BCUT2D eigenvalue weighted by atomic mass is 32.2. The summed E-state index contributed by atoms with van der Waals surface area (Å²) in [5, 5.41) is 2.73. The van der Waals surface area contributed by atoms with Gasteiger partial charge in [-0.25, -0.2) is 16.8 Å². The normalized spacial score (nSPS) is 21.4. The summed E-state index contributed by atoms with van der Waals surface area (Å²) in [6, 6.07) is 16.7. The molecule has 0 aliphatic carbocycles. The van der Waals surface area contributed by atoms with Gasteiger partial charge in [0.2, 0.25) is 15.9 Å². The fourth-order valence-corrected chi connectivity index (χ4v) is 6.71. The Balaban J connectivity index is 1.86. The van der Waals surface area contributed by atoms with E-state index in [-0.39, 0.29) is 29.1 Å². The first-order valence-corrected chi connectivity index (χ1v) is 13.7. The number of carbonyl (C=O) groups excluding carboxylic acids is 1. The van der Waals surface area contributed by atoms with Gasteiger partial charge in [0.05, 0.1) is 22.6 Å². The average Bonchev–Trinajstić information content (AvgIpc) is 2.73. The predicted octanol–water partition coefficient (Wildman–Crippen LogP) is 2.38. The van der Waals surface area contributed by atoms with Gasteiger partial charge in [-0.05, 0) is 37.5 Å². The lowest BCUT2D eigenvalue weighted by atomic mass is 9.90. The Bertz CT molecular complexity index is 1100. The summed E-state index contributed by atoms with van der Waals surface area (Å²) in [6.07, 6.45) is 2.13. The lowest BCUT2D eigenvalue weighted by Crippen LogP contribution is -2.49. The molecule has 7 nitrogen and oxygen atoms in total. The van der Waals surface area contributed by atoms with Gasteiger partial charge >= 0.3 is 0 Å². The van der Waals surface area contributed by atoms with Gasteiger partial charge in [0.25, 0.3) is 0 Å². The number of rotatable bonds is 7. The Morgan fingerprint density at radius 3 is 2.16 bits per heavy atom. The van der Waals surface area contributed by atoms with Crippen LogP contribution in [0.15, 0.2) is 65.6 Å². The van der Waals surface area contributed by atoms with Gasteiger partial charge in [0.1, 0.15) is 9.84 Å². The molecule has 0 radical (unpaired) electrons. The number of carbonyl (C=O) groups is 1. The van der Waals surface area contributed by atoms with Crippen LogP contribution in [-0.4, -0.2) is 51.6 Å². The van der Waals surface area contributed by atoms with Crippen LogP contribution in [0, 0.1) is 5.92 Å². The zero-order valence-electron chi connectivity index (χ0n) is 17.6. The summed E-state index contributed by atoms with van der Waals surface area (Å²) >= 11 is 0. The number of nitrogens with zero attached hydrogens (tertiary/aromatic N) is 1. The second-order valence-electron chi connectivity index (χ2n) is 8.09. The van der Waals surface area contributed by atoms with Crippen LogP contribution in [0.25, 0.3) is 0 Å². The number of benzene rings is 2. The number of piperidine rings is 1. The zero-order chi connectivity index (χ0) is 22.6. The van der Waals surface area contributed by atoms with E-state index in [1.807, 2.05) is 30.3 Å². The first-order valence-electron chi connectivity index (χ1n) is 10.2. The highest BCUT2D eigenvalue weighted by molar-refractivity contribution is 7.90. The third-order valence-corrected chi connectivity index (χ3v) is 8.38. The highest BCUT2D eigenvalue weighted by Gasteiger charge is 2.40. The van der Waals surface area contributed by atoms with Gasteiger partial charge in [0, 0.05) is 18.8 Å². The number of hydrogen-bond acceptors (Lipinski definition) is 5. The molecule has 1 aliphatic heterocycles. The topological polar surface area (TPSA) is 101 Å². The van der Waals surface area contributed by atoms with E-state index in [0.717, 1.165) is 11.8 Å². The van der Waals surface area contributed by atoms with Gasteiger partial charge in [-0.15, -0.1) is 0 Å². The zero-order valence-corrected chi connectivity index (χ0v) is 19.3. The molecule has 31 heavy (non-hydrogen) atoms. The molecule has 9 heteroatoms. The van der Waals surface area contributed by atoms with Crippen LogP contribution >= 0.6 is 0 Å². The summed E-state index contributed by atoms with van der Waals surface area (Å²) in [6.45, 7) is 1.67. The van der Waals surface area contributed by atoms with Crippen LogP contribution in [0.4, 0.5) is 0 Å². The molecule has 3 atom stereocenters. The molecule has 1 amide bonds. The molecule has 2 aromatic carbocycles. The molecule has 0 saturated carbocycles. The number of sulfone groups is 1. The SMILES string of the molecule is CC(CS(C)(=O)=O)NC(=O)[C@@H]1CC[C@H](c2ccccc2)N(S(=O)(=O)c2ccccc2)C1. The second kappa shape index (κ2) is 9.50. The van der Waals surface area contributed by atoms with Gasteiger partial charge < -0.3 is 5.32 Å². The van der Waals surface area contributed by atoms with Crippen LogP contribution in [0.2, 0.25) is 0 Å². The van der Waals surface area contributed by atoms with Crippen molar-refractivity contribution in [1.29, 1.82) is 0 Å². The molecule has 0 bridgehead atoms. The Labute approximate surface area is 184 Å². The van der Waals surface area contributed by atoms with E-state index in [4.69, 9.17) is 0 Å². The highest BCUT2D eigenvalue weighted by Crippen LogP contribution is 2.37. The van der Waals surface area contributed by atoms with Crippen molar-refractivity contribution in [2.75, 3.05) is 18.6 Å². The fourth-order valence-electron chi connectivity index (χ4n) is 4.01. The maximum atomic E-state index is 13.5. The number of amides is 1. The minimum Gasteiger partial charge on any atom is -0.352 e. The molecule has 2 aromatic rings. The van der Waals surface area contributed by atoms with Gasteiger partial charge in [-0.1, -0.05) is 48.5 Å². The summed E-state index contributed by atoms with van der Waals surface area (Å²) in [4.78, 5) is 13.0. The molecular weight excluding hydrogens is 436 g/mol. The van der Waals surface area contributed by atoms with Crippen molar-refractivity contribution < 1.29 is 21.6 Å². The summed E-state index contributed by atoms with van der Waals surface area (Å²) in [7, 11) is -7.06. The Hall–Kier alpha value is -2.23. The smallest absolute Gasteiger partial charge is 0.243 e. The van der Waals surface area contributed by atoms with Gasteiger partial charge in [-0.3, -0.25) is 4.79 Å². The maximum Gasteiger partial charge on any atom is 0.243 e. The number of nitrogens with one attached hydrogen (secondary N) is 1. The van der Waals surface area contributed by atoms with E-state index < -0.39 is 31.8 Å². The summed E-state index contributed by atoms with van der Waals surface area (Å²) < 4.78 is 51.3. The summed E-state index contributed by atoms with van der Waals surface area (Å²) in [5.74, 6) is -1.04. The number of hydrogen-bond donors (Lipinski definition) is 1. The molecule has 1 heterocycles. The molecule has 1 N–H and O–H groups in total. The van der Waals surface area contributed by atoms with Crippen LogP contribution in [-0.2, 0) is 24.7 Å². The Morgan fingerprint density at radius 1 is 1.00 bits per heavy atom. The molecule has 0 aromatic heterocycles. The van der Waals surface area contributed by atoms with Gasteiger partial charge in [0.15, 0.2) is 0 Å². The van der Waals surface area contributed by atoms with E-state index >= 15 is 0 Å². The van der Waals surface area contributed by atoms with Gasteiger partial charge in [-0.2, -0.15) is 4.31 Å². The molecular formula is C22H28N2O5S2. The molecule has 0 spiro atoms. The minimum absolute atomic E-state index is 0.0359. The molecule has 168 valence electrons. The molecule has 1 unspecified atom stereocenters. The molecule has 1 aliphatic rings.